The summed E-state index contributed by atoms with van der Waals surface area (Å²) in [5.74, 6) is -0.544. The van der Waals surface area contributed by atoms with Gasteiger partial charge in [0.05, 0.1) is 16.8 Å². The lowest BCUT2D eigenvalue weighted by Crippen LogP contribution is -2.52. The van der Waals surface area contributed by atoms with Gasteiger partial charge in [-0.1, -0.05) is 11.6 Å². The van der Waals surface area contributed by atoms with Crippen LogP contribution in [0.1, 0.15) is 12.5 Å². The van der Waals surface area contributed by atoms with Crippen molar-refractivity contribution >= 4 is 34.5 Å². The summed E-state index contributed by atoms with van der Waals surface area (Å²) in [7, 11) is 0. The number of halogens is 2. The molecule has 4 nitrogen and oxygen atoms in total. The van der Waals surface area contributed by atoms with Gasteiger partial charge in [0.2, 0.25) is 5.91 Å². The molecule has 1 amide bonds. The second-order valence-electron chi connectivity index (χ2n) is 6.23. The van der Waals surface area contributed by atoms with Crippen LogP contribution in [0.25, 0.3) is 0 Å². The Labute approximate surface area is 156 Å². The van der Waals surface area contributed by atoms with Crippen LogP contribution < -0.4 is 5.32 Å². The first kappa shape index (κ1) is 18.3. The standard InChI is InChI=1S/C18H21ClFN3OS/c1-13(18(24)21-17-3-2-15(20)10-16(17)19)23-7-5-22(6-8-23)11-14-4-9-25-12-14/h2-4,9-10,12-13H,5-8,11H2,1H3,(H,21,24)/t13-/m1/s1. The van der Waals surface area contributed by atoms with Gasteiger partial charge in [0.15, 0.2) is 0 Å². The average Bonchev–Trinajstić information content (AvgIpc) is 3.10. The molecule has 0 spiro atoms. The molecule has 1 aliphatic heterocycles. The number of thiophene rings is 1. The minimum absolute atomic E-state index is 0.125. The second-order valence-corrected chi connectivity index (χ2v) is 7.42. The van der Waals surface area contributed by atoms with Crippen LogP contribution in [0.2, 0.25) is 5.02 Å². The van der Waals surface area contributed by atoms with Crippen molar-refractivity contribution in [2.75, 3.05) is 31.5 Å². The number of carbonyl (C=O) groups is 1. The van der Waals surface area contributed by atoms with Crippen LogP contribution in [-0.4, -0.2) is 47.9 Å². The van der Waals surface area contributed by atoms with E-state index in [9.17, 15) is 9.18 Å². The van der Waals surface area contributed by atoms with Crippen molar-refractivity contribution in [2.45, 2.75) is 19.5 Å². The highest BCUT2D eigenvalue weighted by Gasteiger charge is 2.26. The van der Waals surface area contributed by atoms with Gasteiger partial charge in [-0.15, -0.1) is 0 Å². The van der Waals surface area contributed by atoms with Gasteiger partial charge in [-0.3, -0.25) is 14.6 Å². The van der Waals surface area contributed by atoms with E-state index in [-0.39, 0.29) is 17.0 Å². The maximum atomic E-state index is 13.1. The fourth-order valence-electron chi connectivity index (χ4n) is 2.94. The molecule has 0 aliphatic carbocycles. The summed E-state index contributed by atoms with van der Waals surface area (Å²) in [6.07, 6.45) is 0. The molecular weight excluding hydrogens is 361 g/mol. The Morgan fingerprint density at radius 3 is 2.72 bits per heavy atom. The van der Waals surface area contributed by atoms with Crippen LogP contribution in [0.3, 0.4) is 0 Å². The Kier molecular flexibility index (Phi) is 6.06. The van der Waals surface area contributed by atoms with E-state index in [1.165, 1.54) is 23.8 Å². The van der Waals surface area contributed by atoms with E-state index in [4.69, 9.17) is 11.6 Å². The zero-order chi connectivity index (χ0) is 17.8. The Bertz CT molecular complexity index is 717. The molecule has 134 valence electrons. The van der Waals surface area contributed by atoms with E-state index in [2.05, 4.69) is 31.9 Å². The SMILES string of the molecule is C[C@H](C(=O)Nc1ccc(F)cc1Cl)N1CCN(Cc2ccsc2)CC1. The van der Waals surface area contributed by atoms with E-state index in [1.807, 2.05) is 6.92 Å². The molecule has 1 fully saturated rings. The number of nitrogens with one attached hydrogen (secondary N) is 1. The first-order chi connectivity index (χ1) is 12.0. The summed E-state index contributed by atoms with van der Waals surface area (Å²) in [6, 6.07) is 5.87. The number of hydrogen-bond donors (Lipinski definition) is 1. The minimum atomic E-state index is -0.419. The van der Waals surface area contributed by atoms with Crippen LogP contribution >= 0.6 is 22.9 Å². The number of amides is 1. The average molecular weight is 382 g/mol. The van der Waals surface area contributed by atoms with Gasteiger partial charge in [0, 0.05) is 32.7 Å². The summed E-state index contributed by atoms with van der Waals surface area (Å²) in [5.41, 5.74) is 1.78. The van der Waals surface area contributed by atoms with Crippen molar-refractivity contribution < 1.29 is 9.18 Å². The molecule has 1 atom stereocenters. The number of anilines is 1. The zero-order valence-electron chi connectivity index (χ0n) is 14.0. The van der Waals surface area contributed by atoms with E-state index < -0.39 is 5.82 Å². The van der Waals surface area contributed by atoms with E-state index in [0.717, 1.165) is 32.7 Å². The maximum Gasteiger partial charge on any atom is 0.241 e. The molecule has 1 aliphatic rings. The monoisotopic (exact) mass is 381 g/mol. The molecule has 1 aromatic heterocycles. The van der Waals surface area contributed by atoms with Crippen molar-refractivity contribution in [1.29, 1.82) is 0 Å². The van der Waals surface area contributed by atoms with Gasteiger partial charge in [-0.2, -0.15) is 11.3 Å². The van der Waals surface area contributed by atoms with E-state index in [1.54, 1.807) is 11.3 Å². The molecule has 2 heterocycles. The van der Waals surface area contributed by atoms with Crippen LogP contribution in [0.5, 0.6) is 0 Å². The number of nitrogens with zero attached hydrogens (tertiary/aromatic N) is 2. The van der Waals surface area contributed by atoms with Crippen LogP contribution in [0.15, 0.2) is 35.0 Å². The van der Waals surface area contributed by atoms with Gasteiger partial charge >= 0.3 is 0 Å². The fraction of sp³-hybridized carbons (Fsp3) is 0.389. The molecule has 0 radical (unpaired) electrons. The highest BCUT2D eigenvalue weighted by atomic mass is 35.5. The summed E-state index contributed by atoms with van der Waals surface area (Å²) in [5, 5.41) is 7.27. The highest BCUT2D eigenvalue weighted by Crippen LogP contribution is 2.23. The predicted octanol–water partition coefficient (Wildman–Crippen LogP) is 3.69. The molecule has 1 N–H and O–H groups in total. The smallest absolute Gasteiger partial charge is 0.241 e. The molecule has 7 heteroatoms. The van der Waals surface area contributed by atoms with Gasteiger partial charge in [-0.05, 0) is 47.5 Å². The first-order valence-electron chi connectivity index (χ1n) is 8.26. The molecule has 0 saturated carbocycles. The lowest BCUT2D eigenvalue weighted by atomic mass is 10.2. The van der Waals surface area contributed by atoms with Crippen LogP contribution in [0, 0.1) is 5.82 Å². The van der Waals surface area contributed by atoms with Crippen molar-refractivity contribution in [2.24, 2.45) is 0 Å². The number of carbonyl (C=O) groups excluding carboxylic acids is 1. The second kappa shape index (κ2) is 8.27. The molecule has 25 heavy (non-hydrogen) atoms. The van der Waals surface area contributed by atoms with Gasteiger partial charge in [0.25, 0.3) is 0 Å². The van der Waals surface area contributed by atoms with Gasteiger partial charge in [0.1, 0.15) is 5.82 Å². The van der Waals surface area contributed by atoms with Crippen LogP contribution in [0.4, 0.5) is 10.1 Å². The maximum absolute atomic E-state index is 13.1. The fourth-order valence-corrected chi connectivity index (χ4v) is 3.82. The van der Waals surface area contributed by atoms with Crippen molar-refractivity contribution in [3.05, 3.63) is 51.4 Å². The molecule has 2 aromatic rings. The lowest BCUT2D eigenvalue weighted by molar-refractivity contribution is -0.121. The number of rotatable bonds is 5. The van der Waals surface area contributed by atoms with Gasteiger partial charge < -0.3 is 5.32 Å². The largest absolute Gasteiger partial charge is 0.323 e. The first-order valence-corrected chi connectivity index (χ1v) is 9.58. The molecule has 1 saturated heterocycles. The zero-order valence-corrected chi connectivity index (χ0v) is 15.6. The highest BCUT2D eigenvalue weighted by molar-refractivity contribution is 7.07. The van der Waals surface area contributed by atoms with Crippen molar-refractivity contribution in [3.8, 4) is 0 Å². The number of benzene rings is 1. The molecule has 3 rings (SSSR count). The Morgan fingerprint density at radius 2 is 2.08 bits per heavy atom. The summed E-state index contributed by atoms with van der Waals surface area (Å²) in [4.78, 5) is 17.0. The number of piperazine rings is 1. The quantitative estimate of drug-likeness (QED) is 0.858. The minimum Gasteiger partial charge on any atom is -0.323 e. The summed E-state index contributed by atoms with van der Waals surface area (Å²) >= 11 is 7.69. The molecule has 0 unspecified atom stereocenters. The Morgan fingerprint density at radius 1 is 1.32 bits per heavy atom. The third-order valence-electron chi connectivity index (χ3n) is 4.51. The molecular formula is C18H21ClFN3OS. The van der Waals surface area contributed by atoms with E-state index >= 15 is 0 Å². The van der Waals surface area contributed by atoms with E-state index in [0.29, 0.717) is 5.69 Å². The summed E-state index contributed by atoms with van der Waals surface area (Å²) < 4.78 is 13.1. The third kappa shape index (κ3) is 4.79. The topological polar surface area (TPSA) is 35.6 Å². The number of hydrogen-bond acceptors (Lipinski definition) is 4. The molecule has 0 bridgehead atoms. The normalized spacial score (nSPS) is 17.4. The Hall–Kier alpha value is -1.47. The predicted molar refractivity (Wildman–Crippen MR) is 101 cm³/mol. The van der Waals surface area contributed by atoms with Crippen molar-refractivity contribution in [1.82, 2.24) is 9.80 Å². The Balaban J connectivity index is 1.51. The van der Waals surface area contributed by atoms with Gasteiger partial charge in [-0.25, -0.2) is 4.39 Å². The summed E-state index contributed by atoms with van der Waals surface area (Å²) in [6.45, 7) is 6.41. The van der Waals surface area contributed by atoms with Crippen molar-refractivity contribution in [3.63, 3.8) is 0 Å². The third-order valence-corrected chi connectivity index (χ3v) is 5.55. The lowest BCUT2D eigenvalue weighted by Gasteiger charge is -2.37. The van der Waals surface area contributed by atoms with Crippen LogP contribution in [-0.2, 0) is 11.3 Å². The molecule has 1 aromatic carbocycles.